The summed E-state index contributed by atoms with van der Waals surface area (Å²) >= 11 is 3.45. The van der Waals surface area contributed by atoms with Gasteiger partial charge < -0.3 is 15.8 Å². The van der Waals surface area contributed by atoms with E-state index in [4.69, 9.17) is 10.5 Å². The molecule has 112 valence electrons. The molecule has 1 rings (SSSR count). The van der Waals surface area contributed by atoms with Crippen LogP contribution in [0.25, 0.3) is 0 Å². The Hall–Kier alpha value is -1.07. The van der Waals surface area contributed by atoms with E-state index < -0.39 is 12.0 Å². The molecule has 0 aromatic heterocycles. The van der Waals surface area contributed by atoms with Crippen molar-refractivity contribution in [1.82, 2.24) is 5.32 Å². The summed E-state index contributed by atoms with van der Waals surface area (Å²) in [5.74, 6) is 0.251. The van der Waals surface area contributed by atoms with E-state index >= 15 is 0 Å². The largest absolute Gasteiger partial charge is 0.480 e. The second kappa shape index (κ2) is 7.09. The third-order valence-corrected chi connectivity index (χ3v) is 3.28. The summed E-state index contributed by atoms with van der Waals surface area (Å²) in [6.07, 6.45) is -0.0399. The second-order valence-corrected chi connectivity index (χ2v) is 6.69. The molecule has 1 unspecified atom stereocenters. The minimum Gasteiger partial charge on any atom is -0.480 e. The Morgan fingerprint density at radius 1 is 1.45 bits per heavy atom. The van der Waals surface area contributed by atoms with Crippen LogP contribution < -0.4 is 15.8 Å². The van der Waals surface area contributed by atoms with Crippen LogP contribution >= 0.6 is 15.9 Å². The molecule has 0 aliphatic rings. The molecule has 20 heavy (non-hydrogen) atoms. The molecule has 0 spiro atoms. The van der Waals surface area contributed by atoms with Crippen LogP contribution in [0.15, 0.2) is 22.7 Å². The van der Waals surface area contributed by atoms with E-state index in [1.54, 1.807) is 0 Å². The number of carbonyl (C=O) groups is 1. The fraction of sp³-hybridized carbons (Fsp3) is 0.533. The van der Waals surface area contributed by atoms with Gasteiger partial charge in [0.1, 0.15) is 5.75 Å². The van der Waals surface area contributed by atoms with Gasteiger partial charge in [-0.2, -0.15) is 0 Å². The summed E-state index contributed by atoms with van der Waals surface area (Å²) in [4.78, 5) is 11.3. The van der Waals surface area contributed by atoms with Crippen molar-refractivity contribution in [3.05, 3.63) is 28.2 Å². The highest BCUT2D eigenvalue weighted by molar-refractivity contribution is 9.10. The van der Waals surface area contributed by atoms with Gasteiger partial charge in [0.25, 0.3) is 5.91 Å². The van der Waals surface area contributed by atoms with Crippen LogP contribution in [0, 0.1) is 0 Å². The molecule has 0 aliphatic heterocycles. The number of rotatable bonds is 6. The van der Waals surface area contributed by atoms with E-state index in [2.05, 4.69) is 42.0 Å². The standard InChI is InChI=1S/C15H23BrN2O2/c1-5-12(14(17)19)20-13-7-6-11(16)8-10(13)9-18-15(2,3)4/h6-8,12,18H,5,9H2,1-4H3,(H2,17,19). The Balaban J connectivity index is 2.92. The Kier molecular flexibility index (Phi) is 6.02. The average Bonchev–Trinajstić information content (AvgIpc) is 2.33. The molecule has 0 saturated heterocycles. The van der Waals surface area contributed by atoms with Gasteiger partial charge in [-0.25, -0.2) is 0 Å². The van der Waals surface area contributed by atoms with Crippen molar-refractivity contribution in [3.63, 3.8) is 0 Å². The van der Waals surface area contributed by atoms with Crippen molar-refractivity contribution in [3.8, 4) is 5.75 Å². The lowest BCUT2D eigenvalue weighted by Crippen LogP contribution is -2.36. The zero-order valence-corrected chi connectivity index (χ0v) is 14.1. The first-order valence-electron chi connectivity index (χ1n) is 6.72. The van der Waals surface area contributed by atoms with Crippen molar-refractivity contribution < 1.29 is 9.53 Å². The summed E-state index contributed by atoms with van der Waals surface area (Å²) in [5.41, 5.74) is 6.33. The summed E-state index contributed by atoms with van der Waals surface area (Å²) in [6, 6.07) is 5.74. The maximum atomic E-state index is 11.3. The molecular weight excluding hydrogens is 320 g/mol. The Morgan fingerprint density at radius 3 is 2.60 bits per heavy atom. The Labute approximate surface area is 129 Å². The number of hydrogen-bond acceptors (Lipinski definition) is 3. The van der Waals surface area contributed by atoms with Gasteiger partial charge in [0, 0.05) is 22.1 Å². The van der Waals surface area contributed by atoms with Gasteiger partial charge in [0.05, 0.1) is 0 Å². The molecule has 1 aromatic rings. The van der Waals surface area contributed by atoms with E-state index in [-0.39, 0.29) is 5.54 Å². The molecule has 0 bridgehead atoms. The number of amides is 1. The van der Waals surface area contributed by atoms with Crippen molar-refractivity contribution in [2.45, 2.75) is 52.3 Å². The highest BCUT2D eigenvalue weighted by Crippen LogP contribution is 2.25. The van der Waals surface area contributed by atoms with E-state index in [9.17, 15) is 4.79 Å². The maximum absolute atomic E-state index is 11.3. The van der Waals surface area contributed by atoms with Crippen molar-refractivity contribution >= 4 is 21.8 Å². The van der Waals surface area contributed by atoms with Crippen LogP contribution in [0.2, 0.25) is 0 Å². The van der Waals surface area contributed by atoms with E-state index in [1.807, 2.05) is 25.1 Å². The summed E-state index contributed by atoms with van der Waals surface area (Å²) in [7, 11) is 0. The van der Waals surface area contributed by atoms with Crippen molar-refractivity contribution in [2.75, 3.05) is 0 Å². The second-order valence-electron chi connectivity index (χ2n) is 5.77. The zero-order chi connectivity index (χ0) is 15.3. The Morgan fingerprint density at radius 2 is 2.10 bits per heavy atom. The molecular formula is C15H23BrN2O2. The van der Waals surface area contributed by atoms with Crippen LogP contribution in [0.4, 0.5) is 0 Å². The third kappa shape index (κ3) is 5.51. The first-order chi connectivity index (χ1) is 9.23. The summed E-state index contributed by atoms with van der Waals surface area (Å²) in [5, 5.41) is 3.41. The predicted octanol–water partition coefficient (Wildman–Crippen LogP) is 2.98. The molecule has 1 amide bonds. The van der Waals surface area contributed by atoms with Gasteiger partial charge in [-0.3, -0.25) is 4.79 Å². The molecule has 3 N–H and O–H groups in total. The lowest BCUT2D eigenvalue weighted by atomic mass is 10.1. The van der Waals surface area contributed by atoms with Crippen LogP contribution in [0.3, 0.4) is 0 Å². The van der Waals surface area contributed by atoms with Crippen LogP contribution in [0.5, 0.6) is 5.75 Å². The smallest absolute Gasteiger partial charge is 0.258 e. The molecule has 1 atom stereocenters. The molecule has 0 radical (unpaired) electrons. The van der Waals surface area contributed by atoms with E-state index in [0.717, 1.165) is 10.0 Å². The van der Waals surface area contributed by atoms with Gasteiger partial charge >= 0.3 is 0 Å². The van der Waals surface area contributed by atoms with Crippen molar-refractivity contribution in [2.24, 2.45) is 5.73 Å². The molecule has 0 fully saturated rings. The SMILES string of the molecule is CCC(Oc1ccc(Br)cc1CNC(C)(C)C)C(N)=O. The highest BCUT2D eigenvalue weighted by atomic mass is 79.9. The van der Waals surface area contributed by atoms with Gasteiger partial charge in [-0.1, -0.05) is 22.9 Å². The monoisotopic (exact) mass is 342 g/mol. The Bertz CT molecular complexity index is 469. The van der Waals surface area contributed by atoms with E-state index in [0.29, 0.717) is 18.7 Å². The van der Waals surface area contributed by atoms with Crippen LogP contribution in [0.1, 0.15) is 39.7 Å². The predicted molar refractivity (Wildman–Crippen MR) is 84.6 cm³/mol. The first kappa shape index (κ1) is 17.0. The number of ether oxygens (including phenoxy) is 1. The summed E-state index contributed by atoms with van der Waals surface area (Å²) < 4.78 is 6.72. The summed E-state index contributed by atoms with van der Waals surface area (Å²) in [6.45, 7) is 8.84. The fourth-order valence-corrected chi connectivity index (χ4v) is 2.07. The van der Waals surface area contributed by atoms with Gasteiger partial charge in [-0.15, -0.1) is 0 Å². The molecule has 5 heteroatoms. The topological polar surface area (TPSA) is 64.3 Å². The quantitative estimate of drug-likeness (QED) is 0.835. The number of hydrogen-bond donors (Lipinski definition) is 2. The number of benzene rings is 1. The number of halogens is 1. The van der Waals surface area contributed by atoms with Gasteiger partial charge in [0.2, 0.25) is 0 Å². The minimum atomic E-state index is -0.593. The normalized spacial score (nSPS) is 13.1. The number of nitrogens with two attached hydrogens (primary N) is 1. The lowest BCUT2D eigenvalue weighted by Gasteiger charge is -2.23. The molecule has 0 aliphatic carbocycles. The molecule has 0 heterocycles. The van der Waals surface area contributed by atoms with Crippen LogP contribution in [-0.4, -0.2) is 17.6 Å². The number of primary amides is 1. The highest BCUT2D eigenvalue weighted by Gasteiger charge is 2.17. The molecule has 1 aromatic carbocycles. The van der Waals surface area contributed by atoms with E-state index in [1.165, 1.54) is 0 Å². The average molecular weight is 343 g/mol. The third-order valence-electron chi connectivity index (χ3n) is 2.79. The molecule has 0 saturated carbocycles. The number of nitrogens with one attached hydrogen (secondary N) is 1. The van der Waals surface area contributed by atoms with Crippen molar-refractivity contribution in [1.29, 1.82) is 0 Å². The van der Waals surface area contributed by atoms with Crippen LogP contribution in [-0.2, 0) is 11.3 Å². The zero-order valence-electron chi connectivity index (χ0n) is 12.5. The van der Waals surface area contributed by atoms with Gasteiger partial charge in [-0.05, 0) is 45.4 Å². The number of carbonyl (C=O) groups excluding carboxylic acids is 1. The van der Waals surface area contributed by atoms with Gasteiger partial charge in [0.15, 0.2) is 6.10 Å². The lowest BCUT2D eigenvalue weighted by molar-refractivity contribution is -0.124. The minimum absolute atomic E-state index is 0.00737. The maximum Gasteiger partial charge on any atom is 0.258 e. The first-order valence-corrected chi connectivity index (χ1v) is 7.51. The fourth-order valence-electron chi connectivity index (χ4n) is 1.66. The molecule has 4 nitrogen and oxygen atoms in total.